The Morgan fingerprint density at radius 1 is 1.13 bits per heavy atom. The van der Waals surface area contributed by atoms with Gasteiger partial charge in [0.25, 0.3) is 0 Å². The average molecular weight is 651 g/mol. The number of nitrogens with zero attached hydrogens (tertiary/aromatic N) is 3. The summed E-state index contributed by atoms with van der Waals surface area (Å²) in [5.41, 5.74) is 0.930. The zero-order chi connectivity index (χ0) is 34.5. The van der Waals surface area contributed by atoms with E-state index >= 15 is 0 Å². The first-order chi connectivity index (χ1) is 22.3. The Labute approximate surface area is 278 Å². The molecule has 0 bridgehead atoms. The van der Waals surface area contributed by atoms with Crippen LogP contribution in [0, 0.1) is 23.2 Å². The van der Waals surface area contributed by atoms with E-state index in [1.54, 1.807) is 31.4 Å². The lowest BCUT2D eigenvalue weighted by atomic mass is 9.85. The normalized spacial score (nSPS) is 22.8. The minimum absolute atomic E-state index is 0.0627. The van der Waals surface area contributed by atoms with Gasteiger partial charge in [-0.3, -0.25) is 4.79 Å². The quantitative estimate of drug-likeness (QED) is 0.150. The highest BCUT2D eigenvalue weighted by Gasteiger charge is 2.51. The number of hydrogen-bond donors (Lipinski definition) is 1. The number of alkyl carbamates (subject to hydrolysis) is 1. The maximum Gasteiger partial charge on any atom is 0.408 e. The van der Waals surface area contributed by atoms with Crippen LogP contribution in [0.25, 0.3) is 17.1 Å². The highest BCUT2D eigenvalue weighted by molar-refractivity contribution is 5.91. The van der Waals surface area contributed by atoms with E-state index in [0.717, 1.165) is 25.7 Å². The molecule has 0 spiro atoms. The third kappa shape index (κ3) is 8.81. The topological polar surface area (TPSA) is 129 Å². The van der Waals surface area contributed by atoms with Crippen LogP contribution in [-0.4, -0.2) is 77.4 Å². The number of benzene rings is 1. The first-order valence-corrected chi connectivity index (χ1v) is 16.5. The van der Waals surface area contributed by atoms with Crippen LogP contribution in [0.1, 0.15) is 72.9 Å². The Hall–Kier alpha value is -4.15. The molecule has 11 nitrogen and oxygen atoms in total. The van der Waals surface area contributed by atoms with Gasteiger partial charge < -0.3 is 29.2 Å². The first kappa shape index (κ1) is 35.7. The predicted octanol–water partition coefficient (Wildman–Crippen LogP) is 5.96. The Kier molecular flexibility index (Phi) is 11.5. The van der Waals surface area contributed by atoms with Crippen molar-refractivity contribution in [2.75, 3.05) is 20.3 Å². The van der Waals surface area contributed by atoms with Gasteiger partial charge in [-0.15, -0.1) is 6.58 Å². The fourth-order valence-electron chi connectivity index (χ4n) is 5.83. The Bertz CT molecular complexity index is 1470. The van der Waals surface area contributed by atoms with E-state index in [9.17, 15) is 14.4 Å². The fraction of sp³-hybridized carbons (Fsp3) is 0.583. The molecule has 1 aromatic heterocycles. The van der Waals surface area contributed by atoms with Crippen LogP contribution in [0.2, 0.25) is 0 Å². The second kappa shape index (κ2) is 15.2. The van der Waals surface area contributed by atoms with Gasteiger partial charge in [-0.1, -0.05) is 54.2 Å². The van der Waals surface area contributed by atoms with E-state index in [2.05, 4.69) is 23.5 Å². The summed E-state index contributed by atoms with van der Waals surface area (Å²) >= 11 is 0. The van der Waals surface area contributed by atoms with Crippen LogP contribution < -0.4 is 14.8 Å². The molecule has 0 unspecified atom stereocenters. The van der Waals surface area contributed by atoms with E-state index in [4.69, 9.17) is 23.9 Å². The second-order valence-corrected chi connectivity index (χ2v) is 14.1. The summed E-state index contributed by atoms with van der Waals surface area (Å²) in [5.74, 6) is -0.158. The predicted molar refractivity (Wildman–Crippen MR) is 180 cm³/mol. The molecule has 1 N–H and O–H groups in total. The van der Waals surface area contributed by atoms with Gasteiger partial charge in [-0.2, -0.15) is 0 Å². The number of likely N-dealkylation sites (tertiary alicyclic amines) is 1. The van der Waals surface area contributed by atoms with Crippen molar-refractivity contribution in [2.24, 2.45) is 23.2 Å². The summed E-state index contributed by atoms with van der Waals surface area (Å²) in [6, 6.07) is 3.42. The Morgan fingerprint density at radius 2 is 1.87 bits per heavy atom. The lowest BCUT2D eigenvalue weighted by Crippen LogP contribution is -2.57. The molecule has 1 aliphatic heterocycles. The number of carbonyl (C=O) groups is 3. The smallest absolute Gasteiger partial charge is 0.408 e. The standard InChI is InChI=1S/C36H50N4O7/c1-10-12-13-14-23-17-28(23)47-35(43)39-31(36(6,7)8)33(41)40-19-29(22(5)30(40)34(42)45-20-21(3)4)46-32-25(11-2)37-26-16-15-24(44-9)18-27(26)38-32/h10-11,15-16,18,21-23,28-31H,1-2,12-14,17,19-20H2,3-9H3,(H,39,43)/t22-,23-,28-,29+,30+,31-/m1/s1. The van der Waals surface area contributed by atoms with E-state index in [1.165, 1.54) is 4.90 Å². The number of ether oxygens (including phenoxy) is 4. The molecule has 1 saturated carbocycles. The maximum absolute atomic E-state index is 14.4. The summed E-state index contributed by atoms with van der Waals surface area (Å²) in [5, 5.41) is 2.82. The molecule has 2 amide bonds. The van der Waals surface area contributed by atoms with Gasteiger partial charge in [-0.05, 0) is 61.1 Å². The molecule has 256 valence electrons. The molecule has 1 aliphatic carbocycles. The molecule has 0 radical (unpaired) electrons. The average Bonchev–Trinajstić information content (AvgIpc) is 3.67. The van der Waals surface area contributed by atoms with Gasteiger partial charge >= 0.3 is 12.1 Å². The van der Waals surface area contributed by atoms with E-state index < -0.39 is 47.5 Å². The van der Waals surface area contributed by atoms with Gasteiger partial charge in [0.2, 0.25) is 11.8 Å². The number of esters is 1. The third-order valence-corrected chi connectivity index (χ3v) is 8.68. The summed E-state index contributed by atoms with van der Waals surface area (Å²) < 4.78 is 23.1. The first-order valence-electron chi connectivity index (χ1n) is 16.5. The molecular weight excluding hydrogens is 600 g/mol. The number of methoxy groups -OCH3 is 1. The Balaban J connectivity index is 1.58. The number of carbonyl (C=O) groups excluding carboxylic acids is 3. The van der Waals surface area contributed by atoms with Crippen molar-refractivity contribution >= 4 is 35.1 Å². The Morgan fingerprint density at radius 3 is 2.51 bits per heavy atom. The van der Waals surface area contributed by atoms with Crippen LogP contribution >= 0.6 is 0 Å². The van der Waals surface area contributed by atoms with Crippen LogP contribution in [0.3, 0.4) is 0 Å². The SMILES string of the molecule is C=CCCC[C@@H]1C[C@H]1OC(=O)N[C@H](C(=O)N1C[C@H](Oc2nc3cc(OC)ccc3nc2C=C)[C@@H](C)[C@H]1C(=O)OCC(C)C)C(C)(C)C. The number of fused-ring (bicyclic) bond motifs is 1. The molecule has 1 aromatic carbocycles. The van der Waals surface area contributed by atoms with Crippen molar-refractivity contribution in [2.45, 2.75) is 91.5 Å². The molecule has 2 heterocycles. The molecule has 11 heteroatoms. The number of hydrogen-bond acceptors (Lipinski definition) is 9. The molecule has 2 aliphatic rings. The van der Waals surface area contributed by atoms with Crippen LogP contribution in [-0.2, 0) is 19.1 Å². The van der Waals surface area contributed by atoms with Crippen LogP contribution in [0.5, 0.6) is 11.6 Å². The van der Waals surface area contributed by atoms with Gasteiger partial charge in [0.15, 0.2) is 0 Å². The van der Waals surface area contributed by atoms with Crippen LogP contribution in [0.15, 0.2) is 37.4 Å². The number of allylic oxidation sites excluding steroid dienone is 1. The number of amides is 2. The molecule has 6 atom stereocenters. The van der Waals surface area contributed by atoms with Gasteiger partial charge in [-0.25, -0.2) is 19.6 Å². The molecule has 47 heavy (non-hydrogen) atoms. The summed E-state index contributed by atoms with van der Waals surface area (Å²) in [4.78, 5) is 51.8. The minimum atomic E-state index is -0.976. The molecule has 2 fully saturated rings. The number of unbranched alkanes of at least 4 members (excludes halogenated alkanes) is 1. The second-order valence-electron chi connectivity index (χ2n) is 14.1. The number of aromatic nitrogens is 2. The fourth-order valence-corrected chi connectivity index (χ4v) is 5.83. The van der Waals surface area contributed by atoms with E-state index in [1.807, 2.05) is 47.6 Å². The van der Waals surface area contributed by atoms with Crippen molar-refractivity contribution in [1.82, 2.24) is 20.2 Å². The highest BCUT2D eigenvalue weighted by Crippen LogP contribution is 2.38. The molecular formula is C36H50N4O7. The third-order valence-electron chi connectivity index (χ3n) is 8.68. The minimum Gasteiger partial charge on any atom is -0.497 e. The summed E-state index contributed by atoms with van der Waals surface area (Å²) in [6.07, 6.45) is 5.68. The largest absolute Gasteiger partial charge is 0.497 e. The van der Waals surface area contributed by atoms with Gasteiger partial charge in [0.05, 0.1) is 31.3 Å². The van der Waals surface area contributed by atoms with Crippen molar-refractivity contribution in [3.63, 3.8) is 0 Å². The van der Waals surface area contributed by atoms with Crippen molar-refractivity contribution < 1.29 is 33.3 Å². The van der Waals surface area contributed by atoms with Crippen molar-refractivity contribution in [3.05, 3.63) is 43.1 Å². The lowest BCUT2D eigenvalue weighted by Gasteiger charge is -2.35. The maximum atomic E-state index is 14.4. The zero-order valence-corrected chi connectivity index (χ0v) is 28.8. The molecule has 1 saturated heterocycles. The van der Waals surface area contributed by atoms with Gasteiger partial charge in [0.1, 0.15) is 35.7 Å². The zero-order valence-electron chi connectivity index (χ0n) is 28.8. The number of rotatable bonds is 14. The lowest BCUT2D eigenvalue weighted by molar-refractivity contribution is -0.156. The van der Waals surface area contributed by atoms with Crippen molar-refractivity contribution in [3.8, 4) is 11.6 Å². The summed E-state index contributed by atoms with van der Waals surface area (Å²) in [7, 11) is 1.57. The van der Waals surface area contributed by atoms with Gasteiger partial charge in [0, 0.05) is 12.0 Å². The molecule has 2 aromatic rings. The molecule has 4 rings (SSSR count). The highest BCUT2D eigenvalue weighted by atomic mass is 16.6. The van der Waals surface area contributed by atoms with Crippen molar-refractivity contribution in [1.29, 1.82) is 0 Å². The number of nitrogens with one attached hydrogen (secondary N) is 1. The van der Waals surface area contributed by atoms with E-state index in [-0.39, 0.29) is 31.1 Å². The monoisotopic (exact) mass is 650 g/mol. The van der Waals surface area contributed by atoms with Crippen LogP contribution in [0.4, 0.5) is 4.79 Å². The summed E-state index contributed by atoms with van der Waals surface area (Å²) in [6.45, 7) is 19.2. The van der Waals surface area contributed by atoms with E-state index in [0.29, 0.717) is 28.4 Å².